The van der Waals surface area contributed by atoms with E-state index in [0.29, 0.717) is 11.3 Å². The lowest BCUT2D eigenvalue weighted by Crippen LogP contribution is -2.50. The number of allylic oxidation sites excluding steroid dienone is 1. The van der Waals surface area contributed by atoms with Crippen molar-refractivity contribution in [2.24, 2.45) is 0 Å². The molecule has 8 nitrogen and oxygen atoms in total. The van der Waals surface area contributed by atoms with Crippen LogP contribution in [-0.4, -0.2) is 47.7 Å². The third-order valence-corrected chi connectivity index (χ3v) is 5.26. The van der Waals surface area contributed by atoms with E-state index in [9.17, 15) is 9.59 Å². The van der Waals surface area contributed by atoms with Crippen LogP contribution in [0.5, 0.6) is 0 Å². The van der Waals surface area contributed by atoms with Crippen LogP contribution in [0.1, 0.15) is 13.8 Å². The second-order valence-electron chi connectivity index (χ2n) is 6.48. The third kappa shape index (κ3) is 3.98. The van der Waals surface area contributed by atoms with Crippen molar-refractivity contribution in [3.8, 4) is 0 Å². The lowest BCUT2D eigenvalue weighted by molar-refractivity contribution is -0.139. The topological polar surface area (TPSA) is 98.1 Å². The molecular weight excluding hydrogens is 314 g/mol. The number of ether oxygens (including phenoxy) is 1. The Labute approximate surface area is 136 Å². The first-order valence-corrected chi connectivity index (χ1v) is 11.1. The van der Waals surface area contributed by atoms with Gasteiger partial charge >= 0.3 is 12.0 Å². The molecule has 0 spiro atoms. The molecule has 0 saturated carbocycles. The number of amides is 2. The van der Waals surface area contributed by atoms with Crippen LogP contribution in [0.3, 0.4) is 0 Å². The Balaban J connectivity index is 2.31. The Kier molecular flexibility index (Phi) is 4.88. The van der Waals surface area contributed by atoms with Gasteiger partial charge in [0.1, 0.15) is 8.07 Å². The summed E-state index contributed by atoms with van der Waals surface area (Å²) in [5, 5.41) is 14.6. The van der Waals surface area contributed by atoms with Gasteiger partial charge in [0.05, 0.1) is 35.8 Å². The van der Waals surface area contributed by atoms with Gasteiger partial charge in [-0.2, -0.15) is 0 Å². The van der Waals surface area contributed by atoms with Crippen molar-refractivity contribution in [3.63, 3.8) is 0 Å². The summed E-state index contributed by atoms with van der Waals surface area (Å²) < 4.78 is 6.73. The maximum absolute atomic E-state index is 12.2. The molecule has 0 radical (unpaired) electrons. The normalized spacial score (nSPS) is 18.5. The SMILES string of the molecule is CCOC(=O)C1=C(Cn2cc([Si](C)(C)C)nn2)NC(=O)NC1C. The molecule has 1 unspecified atom stereocenters. The van der Waals surface area contributed by atoms with Crippen molar-refractivity contribution in [1.29, 1.82) is 0 Å². The summed E-state index contributed by atoms with van der Waals surface area (Å²) in [6, 6.07) is -0.760. The average molecular weight is 337 g/mol. The maximum atomic E-state index is 12.2. The first kappa shape index (κ1) is 17.2. The minimum absolute atomic E-state index is 0.267. The number of carbonyl (C=O) groups is 2. The predicted molar refractivity (Wildman–Crippen MR) is 87.8 cm³/mol. The molecule has 0 aromatic carbocycles. The van der Waals surface area contributed by atoms with Crippen molar-refractivity contribution in [2.45, 2.75) is 46.1 Å². The fraction of sp³-hybridized carbons (Fsp3) is 0.571. The summed E-state index contributed by atoms with van der Waals surface area (Å²) in [6.07, 6.45) is 1.88. The first-order chi connectivity index (χ1) is 10.7. The molecule has 126 valence electrons. The molecule has 1 atom stereocenters. The minimum atomic E-state index is -1.56. The van der Waals surface area contributed by atoms with E-state index in [2.05, 4.69) is 40.6 Å². The summed E-state index contributed by atoms with van der Waals surface area (Å²) in [6.45, 7) is 10.6. The van der Waals surface area contributed by atoms with Gasteiger partial charge in [-0.25, -0.2) is 14.3 Å². The molecule has 2 heterocycles. The lowest BCUT2D eigenvalue weighted by atomic mass is 10.0. The number of esters is 1. The standard InChI is InChI=1S/C14H23N5O3Si/c1-6-22-13(20)12-9(2)15-14(21)16-10(12)7-19-8-11(17-18-19)23(3,4)5/h8-9H,6-7H2,1-5H3,(H2,15,16,21). The number of hydrogen-bond acceptors (Lipinski definition) is 5. The van der Waals surface area contributed by atoms with E-state index in [1.54, 1.807) is 18.5 Å². The lowest BCUT2D eigenvalue weighted by Gasteiger charge is -2.26. The van der Waals surface area contributed by atoms with E-state index in [0.717, 1.165) is 5.32 Å². The number of nitrogens with one attached hydrogen (secondary N) is 2. The molecule has 1 aromatic rings. The van der Waals surface area contributed by atoms with Crippen LogP contribution in [0.15, 0.2) is 17.5 Å². The highest BCUT2D eigenvalue weighted by Gasteiger charge is 2.30. The summed E-state index contributed by atoms with van der Waals surface area (Å²) in [4.78, 5) is 23.9. The molecular formula is C14H23N5O3Si. The summed E-state index contributed by atoms with van der Waals surface area (Å²) in [5.74, 6) is -0.437. The monoisotopic (exact) mass is 337 g/mol. The van der Waals surface area contributed by atoms with Gasteiger partial charge in [0.2, 0.25) is 0 Å². The van der Waals surface area contributed by atoms with Crippen LogP contribution < -0.4 is 16.0 Å². The smallest absolute Gasteiger partial charge is 0.337 e. The predicted octanol–water partition coefficient (Wildman–Crippen LogP) is 0.342. The molecule has 9 heteroatoms. The molecule has 1 aliphatic rings. The first-order valence-electron chi connectivity index (χ1n) is 7.60. The largest absolute Gasteiger partial charge is 0.463 e. The van der Waals surface area contributed by atoms with Gasteiger partial charge in [-0.1, -0.05) is 24.9 Å². The minimum Gasteiger partial charge on any atom is -0.463 e. The molecule has 1 aromatic heterocycles. The van der Waals surface area contributed by atoms with Crippen LogP contribution in [0.2, 0.25) is 19.6 Å². The van der Waals surface area contributed by atoms with E-state index in [1.165, 1.54) is 0 Å². The Morgan fingerprint density at radius 1 is 1.43 bits per heavy atom. The Morgan fingerprint density at radius 3 is 2.70 bits per heavy atom. The number of urea groups is 1. The maximum Gasteiger partial charge on any atom is 0.337 e. The average Bonchev–Trinajstić information content (AvgIpc) is 2.86. The van der Waals surface area contributed by atoms with Gasteiger partial charge in [-0.3, -0.25) is 0 Å². The second kappa shape index (κ2) is 6.53. The summed E-state index contributed by atoms with van der Waals surface area (Å²) in [7, 11) is -1.56. The van der Waals surface area contributed by atoms with Crippen LogP contribution >= 0.6 is 0 Å². The molecule has 23 heavy (non-hydrogen) atoms. The Bertz CT molecular complexity index is 647. The molecule has 0 bridgehead atoms. The van der Waals surface area contributed by atoms with E-state index >= 15 is 0 Å². The van der Waals surface area contributed by atoms with Crippen molar-refractivity contribution in [1.82, 2.24) is 25.6 Å². The highest BCUT2D eigenvalue weighted by atomic mass is 28.3. The fourth-order valence-electron chi connectivity index (χ4n) is 2.29. The molecule has 1 aliphatic heterocycles. The van der Waals surface area contributed by atoms with E-state index in [1.807, 2.05) is 6.20 Å². The van der Waals surface area contributed by atoms with Gasteiger partial charge in [-0.05, 0) is 13.8 Å². The van der Waals surface area contributed by atoms with E-state index in [-0.39, 0.29) is 19.2 Å². The number of carbonyl (C=O) groups excluding carboxylic acids is 2. The zero-order valence-corrected chi connectivity index (χ0v) is 15.1. The quantitative estimate of drug-likeness (QED) is 0.596. The molecule has 0 aliphatic carbocycles. The molecule has 2 N–H and O–H groups in total. The summed E-state index contributed by atoms with van der Waals surface area (Å²) in [5.41, 5.74) is 0.906. The van der Waals surface area contributed by atoms with Crippen LogP contribution in [0.25, 0.3) is 0 Å². The zero-order valence-electron chi connectivity index (χ0n) is 14.1. The van der Waals surface area contributed by atoms with Gasteiger partial charge in [0, 0.05) is 6.20 Å². The number of hydrogen-bond donors (Lipinski definition) is 2. The highest BCUT2D eigenvalue weighted by molar-refractivity contribution is 6.88. The third-order valence-electron chi connectivity index (χ3n) is 3.49. The second-order valence-corrected chi connectivity index (χ2v) is 11.5. The van der Waals surface area contributed by atoms with Gasteiger partial charge < -0.3 is 15.4 Å². The van der Waals surface area contributed by atoms with Crippen LogP contribution in [0.4, 0.5) is 4.79 Å². The Hall–Kier alpha value is -2.16. The molecule has 2 rings (SSSR count). The van der Waals surface area contributed by atoms with Crippen molar-refractivity contribution in [3.05, 3.63) is 17.5 Å². The summed E-state index contributed by atoms with van der Waals surface area (Å²) >= 11 is 0. The van der Waals surface area contributed by atoms with Crippen LogP contribution in [0, 0.1) is 0 Å². The van der Waals surface area contributed by atoms with Crippen LogP contribution in [-0.2, 0) is 16.1 Å². The number of aromatic nitrogens is 3. The van der Waals surface area contributed by atoms with E-state index in [4.69, 9.17) is 4.74 Å². The molecule has 0 saturated heterocycles. The van der Waals surface area contributed by atoms with Gasteiger partial charge in [0.15, 0.2) is 0 Å². The van der Waals surface area contributed by atoms with Crippen molar-refractivity contribution < 1.29 is 14.3 Å². The molecule has 2 amide bonds. The zero-order chi connectivity index (χ0) is 17.2. The van der Waals surface area contributed by atoms with Gasteiger partial charge in [-0.15, -0.1) is 5.10 Å². The number of rotatable bonds is 5. The van der Waals surface area contributed by atoms with Crippen molar-refractivity contribution >= 4 is 25.4 Å². The Morgan fingerprint density at radius 2 is 2.13 bits per heavy atom. The highest BCUT2D eigenvalue weighted by Crippen LogP contribution is 2.15. The number of nitrogens with zero attached hydrogens (tertiary/aromatic N) is 3. The van der Waals surface area contributed by atoms with Gasteiger partial charge in [0.25, 0.3) is 0 Å². The fourth-order valence-corrected chi connectivity index (χ4v) is 3.17. The van der Waals surface area contributed by atoms with E-state index < -0.39 is 20.1 Å². The molecule has 0 fully saturated rings. The van der Waals surface area contributed by atoms with Crippen molar-refractivity contribution in [2.75, 3.05) is 6.61 Å².